The molecule has 2 aromatic rings. The van der Waals surface area contributed by atoms with Crippen molar-refractivity contribution in [2.45, 2.75) is 6.61 Å². The molecule has 21 heavy (non-hydrogen) atoms. The molecule has 0 bridgehead atoms. The van der Waals surface area contributed by atoms with Gasteiger partial charge in [0, 0.05) is 6.07 Å². The number of nitro groups is 1. The number of carbonyl (C=O) groups is 1. The third-order valence-corrected chi connectivity index (χ3v) is 2.62. The van der Waals surface area contributed by atoms with Crippen LogP contribution in [-0.4, -0.2) is 16.0 Å². The van der Waals surface area contributed by atoms with Crippen molar-refractivity contribution in [2.24, 2.45) is 0 Å². The van der Waals surface area contributed by atoms with Crippen molar-refractivity contribution in [3.8, 4) is 11.8 Å². The van der Waals surface area contributed by atoms with Crippen LogP contribution in [0.1, 0.15) is 21.7 Å². The number of carboxylic acids is 1. The van der Waals surface area contributed by atoms with Gasteiger partial charge in [0.15, 0.2) is 11.5 Å². The van der Waals surface area contributed by atoms with Gasteiger partial charge in [-0.25, -0.2) is 4.79 Å². The summed E-state index contributed by atoms with van der Waals surface area (Å²) in [5, 5.41) is 28.5. The van der Waals surface area contributed by atoms with Gasteiger partial charge in [0.25, 0.3) is 0 Å². The molecular formula is C13H8N2O6. The highest BCUT2D eigenvalue weighted by Gasteiger charge is 2.19. The fourth-order valence-electron chi connectivity index (χ4n) is 1.64. The molecule has 106 valence electrons. The average molecular weight is 288 g/mol. The highest BCUT2D eigenvalue weighted by Crippen LogP contribution is 2.28. The second-order valence-corrected chi connectivity index (χ2v) is 3.90. The molecule has 0 amide bonds. The number of hydrogen-bond acceptors (Lipinski definition) is 6. The minimum absolute atomic E-state index is 0.0427. The van der Waals surface area contributed by atoms with Crippen LogP contribution in [-0.2, 0) is 6.61 Å². The summed E-state index contributed by atoms with van der Waals surface area (Å²) in [7, 11) is 0. The third-order valence-electron chi connectivity index (χ3n) is 2.62. The van der Waals surface area contributed by atoms with Crippen molar-refractivity contribution >= 4 is 11.7 Å². The Hall–Kier alpha value is -3.34. The molecule has 0 saturated carbocycles. The maximum Gasteiger partial charge on any atom is 0.339 e. The quantitative estimate of drug-likeness (QED) is 0.660. The first-order valence-corrected chi connectivity index (χ1v) is 5.64. The molecule has 0 unspecified atom stereocenters. The number of nitriles is 1. The van der Waals surface area contributed by atoms with Gasteiger partial charge in [0.05, 0.1) is 22.8 Å². The summed E-state index contributed by atoms with van der Waals surface area (Å²) >= 11 is 0. The third kappa shape index (κ3) is 2.98. The van der Waals surface area contributed by atoms with E-state index in [4.69, 9.17) is 19.5 Å². The zero-order valence-electron chi connectivity index (χ0n) is 10.5. The number of carboxylic acid groups (broad SMARTS) is 1. The lowest BCUT2D eigenvalue weighted by Crippen LogP contribution is -2.04. The van der Waals surface area contributed by atoms with Gasteiger partial charge in [-0.15, -0.1) is 0 Å². The zero-order valence-corrected chi connectivity index (χ0v) is 10.5. The van der Waals surface area contributed by atoms with Crippen LogP contribution in [0, 0.1) is 21.4 Å². The van der Waals surface area contributed by atoms with E-state index in [1.54, 1.807) is 6.07 Å². The van der Waals surface area contributed by atoms with E-state index in [0.717, 1.165) is 6.07 Å². The summed E-state index contributed by atoms with van der Waals surface area (Å²) in [6.07, 6.45) is 1.19. The van der Waals surface area contributed by atoms with E-state index in [2.05, 4.69) is 0 Å². The van der Waals surface area contributed by atoms with Crippen LogP contribution in [0.15, 0.2) is 34.9 Å². The maximum atomic E-state index is 10.9. The van der Waals surface area contributed by atoms with Crippen LogP contribution in [0.25, 0.3) is 0 Å². The molecule has 1 N–H and O–H groups in total. The summed E-state index contributed by atoms with van der Waals surface area (Å²) in [6, 6.07) is 6.77. The van der Waals surface area contributed by atoms with E-state index in [1.165, 1.54) is 24.5 Å². The number of nitro benzene ring substituents is 1. The lowest BCUT2D eigenvalue weighted by Gasteiger charge is -2.06. The monoisotopic (exact) mass is 288 g/mol. The largest absolute Gasteiger partial charge is 0.479 e. The first-order valence-electron chi connectivity index (χ1n) is 5.64. The Morgan fingerprint density at radius 2 is 2.24 bits per heavy atom. The van der Waals surface area contributed by atoms with Gasteiger partial charge < -0.3 is 14.3 Å². The van der Waals surface area contributed by atoms with Crippen LogP contribution in [0.3, 0.4) is 0 Å². The fraction of sp³-hybridized carbons (Fsp3) is 0.0769. The number of benzene rings is 1. The van der Waals surface area contributed by atoms with E-state index in [1.807, 2.05) is 0 Å². The van der Waals surface area contributed by atoms with E-state index in [9.17, 15) is 14.9 Å². The molecule has 0 atom stereocenters. The minimum Gasteiger partial charge on any atom is -0.479 e. The van der Waals surface area contributed by atoms with Crippen LogP contribution in [0.4, 0.5) is 5.69 Å². The van der Waals surface area contributed by atoms with Gasteiger partial charge in [-0.3, -0.25) is 10.1 Å². The smallest absolute Gasteiger partial charge is 0.339 e. The zero-order chi connectivity index (χ0) is 15.4. The average Bonchev–Trinajstić information content (AvgIpc) is 2.93. The number of nitrogens with zero attached hydrogens (tertiary/aromatic N) is 2. The maximum absolute atomic E-state index is 10.9. The van der Waals surface area contributed by atoms with Gasteiger partial charge in [-0.1, -0.05) is 0 Å². The summed E-state index contributed by atoms with van der Waals surface area (Å²) in [5.41, 5.74) is -0.331. The van der Waals surface area contributed by atoms with Crippen molar-refractivity contribution in [3.05, 3.63) is 57.5 Å². The molecule has 1 heterocycles. The Bertz CT molecular complexity index is 743. The number of aromatic carboxylic acids is 1. The predicted octanol–water partition coefficient (Wildman–Crippen LogP) is 2.34. The Morgan fingerprint density at radius 1 is 1.48 bits per heavy atom. The summed E-state index contributed by atoms with van der Waals surface area (Å²) in [5.74, 6) is -1.22. The molecule has 0 aliphatic heterocycles. The molecule has 1 aromatic heterocycles. The van der Waals surface area contributed by atoms with Crippen LogP contribution in [0.5, 0.6) is 5.75 Å². The topological polar surface area (TPSA) is 127 Å². The Morgan fingerprint density at radius 3 is 2.86 bits per heavy atom. The molecule has 0 aliphatic carbocycles. The van der Waals surface area contributed by atoms with Crippen molar-refractivity contribution in [2.75, 3.05) is 0 Å². The standard InChI is InChI=1S/C13H8N2O6/c14-6-8-1-2-11(10(5-8)15(18)19)21-7-12-9(13(16)17)3-4-20-12/h1-5H,7H2,(H,16,17). The Kier molecular flexibility index (Phi) is 3.85. The van der Waals surface area contributed by atoms with E-state index >= 15 is 0 Å². The molecule has 0 fully saturated rings. The van der Waals surface area contributed by atoms with E-state index in [0.29, 0.717) is 0 Å². The van der Waals surface area contributed by atoms with Gasteiger partial charge >= 0.3 is 11.7 Å². The highest BCUT2D eigenvalue weighted by atomic mass is 16.6. The number of ether oxygens (including phenoxy) is 1. The second kappa shape index (κ2) is 5.75. The van der Waals surface area contributed by atoms with Gasteiger partial charge in [0.1, 0.15) is 12.2 Å². The summed E-state index contributed by atoms with van der Waals surface area (Å²) in [4.78, 5) is 21.1. The van der Waals surface area contributed by atoms with E-state index < -0.39 is 10.9 Å². The molecule has 0 saturated heterocycles. The number of rotatable bonds is 5. The first-order chi connectivity index (χ1) is 10.0. The van der Waals surface area contributed by atoms with Crippen molar-refractivity contribution in [3.63, 3.8) is 0 Å². The Balaban J connectivity index is 2.24. The lowest BCUT2D eigenvalue weighted by molar-refractivity contribution is -0.386. The molecule has 2 rings (SSSR count). The van der Waals surface area contributed by atoms with Gasteiger partial charge in [0.2, 0.25) is 0 Å². The van der Waals surface area contributed by atoms with Gasteiger partial charge in [-0.2, -0.15) is 5.26 Å². The van der Waals surface area contributed by atoms with Crippen molar-refractivity contribution < 1.29 is 24.0 Å². The number of hydrogen-bond donors (Lipinski definition) is 1. The predicted molar refractivity (Wildman–Crippen MR) is 67.8 cm³/mol. The summed E-state index contributed by atoms with van der Waals surface area (Å²) in [6.45, 7) is -0.276. The summed E-state index contributed by atoms with van der Waals surface area (Å²) < 4.78 is 10.2. The molecule has 1 aromatic carbocycles. The second-order valence-electron chi connectivity index (χ2n) is 3.90. The van der Waals surface area contributed by atoms with Crippen molar-refractivity contribution in [1.82, 2.24) is 0 Å². The highest BCUT2D eigenvalue weighted by molar-refractivity contribution is 5.88. The molecule has 0 spiro atoms. The molecule has 0 radical (unpaired) electrons. The molecular weight excluding hydrogens is 280 g/mol. The van der Waals surface area contributed by atoms with Gasteiger partial charge in [-0.05, 0) is 18.2 Å². The van der Waals surface area contributed by atoms with Crippen molar-refractivity contribution in [1.29, 1.82) is 5.26 Å². The molecule has 0 aliphatic rings. The van der Waals surface area contributed by atoms with Crippen LogP contribution < -0.4 is 4.74 Å². The Labute approximate surface area is 117 Å². The SMILES string of the molecule is N#Cc1ccc(OCc2occc2C(=O)O)c([N+](=O)[O-])c1. The fourth-order valence-corrected chi connectivity index (χ4v) is 1.64. The molecule has 8 nitrogen and oxygen atoms in total. The minimum atomic E-state index is -1.18. The normalized spacial score (nSPS) is 9.86. The first kappa shape index (κ1) is 14.1. The van der Waals surface area contributed by atoms with Crippen LogP contribution in [0.2, 0.25) is 0 Å². The molecule has 8 heteroatoms. The van der Waals surface area contributed by atoms with Crippen LogP contribution >= 0.6 is 0 Å². The van der Waals surface area contributed by atoms with E-state index in [-0.39, 0.29) is 34.9 Å². The number of furan rings is 1. The lowest BCUT2D eigenvalue weighted by atomic mass is 10.2.